The highest BCUT2D eigenvalue weighted by molar-refractivity contribution is 7.13. The molecule has 4 aromatic rings. The molecule has 0 aliphatic rings. The minimum Gasteiger partial charge on any atom is -0.497 e. The van der Waals surface area contributed by atoms with Gasteiger partial charge in [-0.05, 0) is 36.1 Å². The molecule has 0 amide bonds. The van der Waals surface area contributed by atoms with Crippen LogP contribution < -0.4 is 10.1 Å². The van der Waals surface area contributed by atoms with Crippen molar-refractivity contribution < 1.29 is 9.26 Å². The maximum atomic E-state index is 5.44. The Morgan fingerprint density at radius 1 is 1.19 bits per heavy atom. The number of aromatic nitrogens is 4. The second kappa shape index (κ2) is 7.55. The van der Waals surface area contributed by atoms with E-state index >= 15 is 0 Å². The van der Waals surface area contributed by atoms with Crippen LogP contribution in [0, 0.1) is 0 Å². The molecule has 3 aromatic heterocycles. The predicted molar refractivity (Wildman–Crippen MR) is 104 cm³/mol. The third-order valence-electron chi connectivity index (χ3n) is 4.08. The van der Waals surface area contributed by atoms with Gasteiger partial charge < -0.3 is 14.6 Å². The Labute approximate surface area is 160 Å². The number of rotatable bonds is 6. The number of methoxy groups -OCH3 is 1. The van der Waals surface area contributed by atoms with E-state index in [9.17, 15) is 0 Å². The number of hydrogen-bond donors (Lipinski definition) is 1. The van der Waals surface area contributed by atoms with Crippen LogP contribution >= 0.6 is 11.3 Å². The van der Waals surface area contributed by atoms with E-state index < -0.39 is 0 Å². The van der Waals surface area contributed by atoms with Gasteiger partial charge in [-0.1, -0.05) is 23.4 Å². The Morgan fingerprint density at radius 2 is 2.04 bits per heavy atom. The van der Waals surface area contributed by atoms with E-state index in [2.05, 4.69) is 32.3 Å². The highest BCUT2D eigenvalue weighted by Crippen LogP contribution is 2.30. The Hall–Kier alpha value is -3.26. The van der Waals surface area contributed by atoms with Crippen molar-refractivity contribution in [1.29, 1.82) is 0 Å². The van der Waals surface area contributed by atoms with Crippen LogP contribution in [-0.4, -0.2) is 27.2 Å². The zero-order chi connectivity index (χ0) is 18.6. The Balaban J connectivity index is 1.59. The lowest BCUT2D eigenvalue weighted by molar-refractivity contribution is 0.414. The number of hydrogen-bond acceptors (Lipinski definition) is 8. The summed E-state index contributed by atoms with van der Waals surface area (Å²) in [6.45, 7) is 2.05. The van der Waals surface area contributed by atoms with Crippen molar-refractivity contribution in [1.82, 2.24) is 20.1 Å². The summed E-state index contributed by atoms with van der Waals surface area (Å²) in [6.07, 6.45) is 3.16. The van der Waals surface area contributed by atoms with Crippen LogP contribution in [0.1, 0.15) is 18.5 Å². The van der Waals surface area contributed by atoms with Crippen LogP contribution in [0.3, 0.4) is 0 Å². The number of anilines is 1. The molecule has 4 rings (SSSR count). The van der Waals surface area contributed by atoms with Crippen LogP contribution in [0.4, 0.5) is 5.82 Å². The number of nitrogens with zero attached hydrogens (tertiary/aromatic N) is 4. The van der Waals surface area contributed by atoms with Crippen molar-refractivity contribution in [2.75, 3.05) is 12.4 Å². The summed E-state index contributed by atoms with van der Waals surface area (Å²) < 4.78 is 10.7. The molecule has 0 radical (unpaired) electrons. The number of nitrogens with one attached hydrogen (secondary N) is 1. The third-order valence-corrected chi connectivity index (χ3v) is 4.95. The van der Waals surface area contributed by atoms with Crippen molar-refractivity contribution in [3.05, 3.63) is 59.9 Å². The first-order valence-electron chi connectivity index (χ1n) is 8.33. The van der Waals surface area contributed by atoms with Crippen LogP contribution in [0.15, 0.2) is 58.8 Å². The van der Waals surface area contributed by atoms with Gasteiger partial charge in [0.05, 0.1) is 12.0 Å². The van der Waals surface area contributed by atoms with Crippen LogP contribution in [-0.2, 0) is 0 Å². The molecular weight excluding hydrogens is 362 g/mol. The molecule has 0 bridgehead atoms. The molecule has 1 atom stereocenters. The highest BCUT2D eigenvalue weighted by Gasteiger charge is 2.17. The van der Waals surface area contributed by atoms with E-state index in [4.69, 9.17) is 9.26 Å². The lowest BCUT2D eigenvalue weighted by Crippen LogP contribution is -2.09. The van der Waals surface area contributed by atoms with Crippen molar-refractivity contribution in [3.8, 4) is 27.9 Å². The van der Waals surface area contributed by atoms with E-state index in [0.29, 0.717) is 23.1 Å². The quantitative estimate of drug-likeness (QED) is 0.530. The summed E-state index contributed by atoms with van der Waals surface area (Å²) in [6, 6.07) is 11.8. The number of benzene rings is 1. The molecule has 0 aliphatic carbocycles. The van der Waals surface area contributed by atoms with E-state index in [1.165, 1.54) is 6.33 Å². The van der Waals surface area contributed by atoms with Gasteiger partial charge in [0.25, 0.3) is 5.89 Å². The summed E-state index contributed by atoms with van der Waals surface area (Å²) in [5.74, 6) is 2.39. The molecule has 7 nitrogen and oxygen atoms in total. The fourth-order valence-electron chi connectivity index (χ4n) is 2.62. The van der Waals surface area contributed by atoms with Crippen LogP contribution in [0.2, 0.25) is 0 Å². The molecule has 8 heteroatoms. The van der Waals surface area contributed by atoms with Gasteiger partial charge in [-0.25, -0.2) is 9.97 Å². The van der Waals surface area contributed by atoms with Crippen LogP contribution in [0.25, 0.3) is 22.2 Å². The molecular formula is C19H17N5O2S. The maximum absolute atomic E-state index is 5.44. The SMILES string of the molecule is COc1ccc(C(C)Nc2ncncc2-c2nc(-c3cccs3)no2)cc1. The highest BCUT2D eigenvalue weighted by atomic mass is 32.1. The Bertz CT molecular complexity index is 1010. The maximum Gasteiger partial charge on any atom is 0.263 e. The Morgan fingerprint density at radius 3 is 2.78 bits per heavy atom. The van der Waals surface area contributed by atoms with E-state index in [1.54, 1.807) is 24.6 Å². The van der Waals surface area contributed by atoms with Gasteiger partial charge in [-0.2, -0.15) is 4.98 Å². The van der Waals surface area contributed by atoms with E-state index in [-0.39, 0.29) is 6.04 Å². The van der Waals surface area contributed by atoms with Gasteiger partial charge in [0.1, 0.15) is 23.5 Å². The zero-order valence-electron chi connectivity index (χ0n) is 14.8. The molecule has 1 aromatic carbocycles. The first-order chi connectivity index (χ1) is 13.2. The number of ether oxygens (including phenoxy) is 1. The molecule has 0 saturated heterocycles. The molecule has 0 spiro atoms. The topological polar surface area (TPSA) is 86.0 Å². The van der Waals surface area contributed by atoms with Crippen molar-refractivity contribution in [2.24, 2.45) is 0 Å². The molecule has 1 N–H and O–H groups in total. The molecule has 0 saturated carbocycles. The molecule has 0 fully saturated rings. The average Bonchev–Trinajstić information content (AvgIpc) is 3.40. The van der Waals surface area contributed by atoms with E-state index in [0.717, 1.165) is 16.2 Å². The normalized spacial score (nSPS) is 11.9. The zero-order valence-corrected chi connectivity index (χ0v) is 15.6. The summed E-state index contributed by atoms with van der Waals surface area (Å²) in [5, 5.41) is 9.42. The summed E-state index contributed by atoms with van der Waals surface area (Å²) in [5.41, 5.74) is 1.76. The van der Waals surface area contributed by atoms with Crippen molar-refractivity contribution >= 4 is 17.2 Å². The smallest absolute Gasteiger partial charge is 0.263 e. The van der Waals surface area contributed by atoms with Gasteiger partial charge in [-0.3, -0.25) is 0 Å². The largest absolute Gasteiger partial charge is 0.497 e. The van der Waals surface area contributed by atoms with Gasteiger partial charge in [-0.15, -0.1) is 11.3 Å². The van der Waals surface area contributed by atoms with Gasteiger partial charge in [0, 0.05) is 12.2 Å². The average molecular weight is 379 g/mol. The molecule has 3 heterocycles. The van der Waals surface area contributed by atoms with Crippen molar-refractivity contribution in [3.63, 3.8) is 0 Å². The fraction of sp³-hybridized carbons (Fsp3) is 0.158. The van der Waals surface area contributed by atoms with Gasteiger partial charge in [0.15, 0.2) is 0 Å². The Kier molecular flexibility index (Phi) is 4.80. The van der Waals surface area contributed by atoms with Gasteiger partial charge in [0.2, 0.25) is 5.82 Å². The minimum absolute atomic E-state index is 0.0178. The summed E-state index contributed by atoms with van der Waals surface area (Å²) in [7, 11) is 1.65. The predicted octanol–water partition coefficient (Wildman–Crippen LogP) is 4.44. The van der Waals surface area contributed by atoms with Crippen LogP contribution in [0.5, 0.6) is 5.75 Å². The fourth-order valence-corrected chi connectivity index (χ4v) is 3.27. The van der Waals surface area contributed by atoms with E-state index in [1.807, 2.05) is 41.8 Å². The minimum atomic E-state index is 0.0178. The van der Waals surface area contributed by atoms with Gasteiger partial charge >= 0.3 is 0 Å². The second-order valence-electron chi connectivity index (χ2n) is 5.82. The summed E-state index contributed by atoms with van der Waals surface area (Å²) >= 11 is 1.56. The molecule has 27 heavy (non-hydrogen) atoms. The number of thiophene rings is 1. The lowest BCUT2D eigenvalue weighted by Gasteiger charge is -2.16. The summed E-state index contributed by atoms with van der Waals surface area (Å²) in [4.78, 5) is 13.9. The first-order valence-corrected chi connectivity index (χ1v) is 9.21. The second-order valence-corrected chi connectivity index (χ2v) is 6.77. The lowest BCUT2D eigenvalue weighted by atomic mass is 10.1. The molecule has 1 unspecified atom stereocenters. The molecule has 136 valence electrons. The first kappa shape index (κ1) is 17.2. The molecule has 0 aliphatic heterocycles. The third kappa shape index (κ3) is 3.65. The van der Waals surface area contributed by atoms with Crippen molar-refractivity contribution in [2.45, 2.75) is 13.0 Å². The monoisotopic (exact) mass is 379 g/mol. The standard InChI is InChI=1S/C19H17N5O2S/c1-12(13-5-7-14(25-2)8-6-13)22-17-15(10-20-11-21-17)19-23-18(24-26-19)16-4-3-9-27-16/h3-12H,1-2H3,(H,20,21,22).